The van der Waals surface area contributed by atoms with Gasteiger partial charge in [0.25, 0.3) is 0 Å². The van der Waals surface area contributed by atoms with Crippen LogP contribution in [0.2, 0.25) is 0 Å². The lowest BCUT2D eigenvalue weighted by Crippen LogP contribution is -2.61. The third-order valence-corrected chi connectivity index (χ3v) is 11.3. The average Bonchev–Trinajstić information content (AvgIpc) is 3.36. The highest BCUT2D eigenvalue weighted by Gasteiger charge is 2.59. The molecule has 3 fully saturated rings. The van der Waals surface area contributed by atoms with Crippen molar-refractivity contribution in [3.05, 3.63) is 23.1 Å². The van der Waals surface area contributed by atoms with E-state index in [1.165, 1.54) is 6.08 Å². The number of aliphatic hydroxyl groups is 1. The lowest BCUT2D eigenvalue weighted by atomic mass is 9.77. The molecule has 298 valence electrons. The number of Topliss-reactive ketones (excluding diaryl/α,β-unsaturated/α-hetero) is 1. The second-order valence-electron chi connectivity index (χ2n) is 15.6. The number of esters is 1. The van der Waals surface area contributed by atoms with Crippen molar-refractivity contribution >= 4 is 17.8 Å². The quantitative estimate of drug-likeness (QED) is 0.0530. The Bertz CT molecular complexity index is 1290. The summed E-state index contributed by atoms with van der Waals surface area (Å²) in [5.74, 6) is -3.32. The molecule has 3 heterocycles. The zero-order valence-corrected chi connectivity index (χ0v) is 32.9. The van der Waals surface area contributed by atoms with Gasteiger partial charge in [0.05, 0.1) is 23.9 Å². The van der Waals surface area contributed by atoms with Crippen molar-refractivity contribution in [2.75, 3.05) is 40.8 Å². The monoisotopic (exact) mass is 738 g/mol. The number of aliphatic hydroxyl groups excluding tert-OH is 1. The van der Waals surface area contributed by atoms with E-state index in [0.717, 1.165) is 0 Å². The fourth-order valence-electron chi connectivity index (χ4n) is 8.45. The molecule has 52 heavy (non-hydrogen) atoms. The van der Waals surface area contributed by atoms with Crippen LogP contribution in [0.25, 0.3) is 10.4 Å². The Kier molecular flexibility index (Phi) is 15.9. The van der Waals surface area contributed by atoms with Crippen molar-refractivity contribution in [3.8, 4) is 0 Å². The molecule has 15 heteroatoms. The van der Waals surface area contributed by atoms with E-state index in [2.05, 4.69) is 28.8 Å². The first-order valence-electron chi connectivity index (χ1n) is 18.8. The highest BCUT2D eigenvalue weighted by atomic mass is 16.7. The topological polar surface area (TPSA) is 185 Å². The summed E-state index contributed by atoms with van der Waals surface area (Å²) in [5, 5.41) is 18.7. The fourth-order valence-corrected chi connectivity index (χ4v) is 8.45. The van der Waals surface area contributed by atoms with E-state index in [4.69, 9.17) is 29.2 Å². The van der Waals surface area contributed by atoms with Crippen LogP contribution in [-0.2, 0) is 33.3 Å². The number of amides is 1. The predicted molar refractivity (Wildman–Crippen MR) is 197 cm³/mol. The van der Waals surface area contributed by atoms with Crippen LogP contribution in [0.3, 0.4) is 0 Å². The summed E-state index contributed by atoms with van der Waals surface area (Å²) in [4.78, 5) is 48.7. The maximum absolute atomic E-state index is 14.6. The van der Waals surface area contributed by atoms with Gasteiger partial charge in [-0.2, -0.15) is 0 Å². The molecule has 3 rings (SSSR count). The maximum atomic E-state index is 14.6. The van der Waals surface area contributed by atoms with Crippen molar-refractivity contribution < 1.29 is 44.6 Å². The molecule has 0 aromatic heterocycles. The summed E-state index contributed by atoms with van der Waals surface area (Å²) in [7, 11) is 5.36. The first-order chi connectivity index (χ1) is 24.5. The van der Waals surface area contributed by atoms with Gasteiger partial charge < -0.3 is 39.0 Å². The average molecular weight is 739 g/mol. The molecule has 0 spiro atoms. The van der Waals surface area contributed by atoms with E-state index >= 15 is 0 Å². The van der Waals surface area contributed by atoms with E-state index in [1.807, 2.05) is 46.7 Å². The Morgan fingerprint density at radius 1 is 1.21 bits per heavy atom. The van der Waals surface area contributed by atoms with Crippen LogP contribution in [0.5, 0.6) is 0 Å². The van der Waals surface area contributed by atoms with Gasteiger partial charge in [-0.1, -0.05) is 32.0 Å². The molecule has 0 aromatic rings. The number of likely N-dealkylation sites (N-methyl/N-ethyl adjacent to an activating group) is 1. The lowest BCUT2D eigenvalue weighted by molar-refractivity contribution is -0.295. The van der Waals surface area contributed by atoms with Crippen molar-refractivity contribution in [1.82, 2.24) is 15.1 Å². The number of hydrogen-bond donors (Lipinski definition) is 2. The summed E-state index contributed by atoms with van der Waals surface area (Å²) in [6.45, 7) is 18.2. The van der Waals surface area contributed by atoms with E-state index in [0.29, 0.717) is 51.7 Å². The number of carbonyl (C=O) groups is 3. The summed E-state index contributed by atoms with van der Waals surface area (Å²) in [6, 6.07) is -1.09. The van der Waals surface area contributed by atoms with Gasteiger partial charge in [0.15, 0.2) is 17.7 Å². The highest BCUT2D eigenvalue weighted by molar-refractivity contribution is 6.00. The van der Waals surface area contributed by atoms with Gasteiger partial charge in [0, 0.05) is 44.5 Å². The number of carbonyl (C=O) groups excluding carboxylic acids is 3. The number of azide groups is 1. The van der Waals surface area contributed by atoms with E-state index in [9.17, 15) is 19.5 Å². The van der Waals surface area contributed by atoms with E-state index in [1.54, 1.807) is 25.9 Å². The van der Waals surface area contributed by atoms with Crippen LogP contribution in [0, 0.1) is 17.8 Å². The minimum Gasteiger partial charge on any atom is -0.457 e. The van der Waals surface area contributed by atoms with Crippen LogP contribution in [-0.4, -0.2) is 134 Å². The predicted octanol–water partition coefficient (Wildman–Crippen LogP) is 4.86. The molecule has 3 aliphatic rings. The zero-order valence-electron chi connectivity index (χ0n) is 32.9. The fraction of sp³-hybridized carbons (Fsp3) is 0.865. The number of rotatable bonds is 12. The van der Waals surface area contributed by atoms with Crippen molar-refractivity contribution in [2.45, 2.75) is 147 Å². The number of ether oxygens (including phenoxy) is 5. The molecule has 13 atom stereocenters. The number of ketones is 1. The summed E-state index contributed by atoms with van der Waals surface area (Å²) in [6.07, 6.45) is -0.550. The van der Waals surface area contributed by atoms with Crippen molar-refractivity contribution in [2.24, 2.45) is 22.9 Å². The second kappa shape index (κ2) is 19.0. The van der Waals surface area contributed by atoms with Crippen LogP contribution < -0.4 is 5.32 Å². The molecule has 0 aromatic carbocycles. The number of methoxy groups -OCH3 is 1. The van der Waals surface area contributed by atoms with Crippen LogP contribution in [0.15, 0.2) is 17.8 Å². The molecular formula is C37H66N6O9. The van der Waals surface area contributed by atoms with Crippen molar-refractivity contribution in [1.29, 1.82) is 0 Å². The molecule has 0 radical (unpaired) electrons. The largest absolute Gasteiger partial charge is 0.457 e. The normalized spacial score (nSPS) is 39.5. The van der Waals surface area contributed by atoms with Gasteiger partial charge in [-0.25, -0.2) is 4.79 Å². The van der Waals surface area contributed by atoms with Crippen LogP contribution >= 0.6 is 0 Å². The van der Waals surface area contributed by atoms with E-state index < -0.39 is 71.5 Å². The molecule has 15 nitrogen and oxygen atoms in total. The standard InChI is InChI=1S/C37H64N6O9.H2/c1-12-16-26-29(44)24(5)32(51-34-30(45)27(42(9)10)19-23(4)49-34)36(7,48-11)20-22(3)21-39-25(6)31-37(8,28(13-2)50-33(26)46)52-35(47)43(31)18-15-14-17-40-41-38;/h12,22-28,30-32,34,39,45H,1,13-21H2,2-11H3;1H/t22-,23-,24+,25-,26-,27?,28-,30?,31-,32-,34+,36-,37-;/m1./s1. The number of fused-ring (bicyclic) bond motifs is 1. The van der Waals surface area contributed by atoms with Gasteiger partial charge in [0.2, 0.25) is 0 Å². The van der Waals surface area contributed by atoms with Crippen molar-refractivity contribution in [3.63, 3.8) is 0 Å². The number of allylic oxidation sites excluding steroid dienone is 1. The van der Waals surface area contributed by atoms with Gasteiger partial charge in [-0.15, -0.1) is 6.58 Å². The van der Waals surface area contributed by atoms with Gasteiger partial charge in [-0.05, 0) is 98.3 Å². The lowest BCUT2D eigenvalue weighted by Gasteiger charge is -2.46. The Morgan fingerprint density at radius 3 is 2.50 bits per heavy atom. The molecule has 2 N–H and O–H groups in total. The molecule has 2 unspecified atom stereocenters. The number of unbranched alkanes of at least 4 members (excludes halogenated alkanes) is 1. The minimum absolute atomic E-state index is 0. The SMILES string of the molecule is C=CC[C@H]1C(=O)O[C@H](CC)[C@@]2(C)OC(=O)N(CCCCN=[N+]=[N-])[C@@H]2[C@@H](C)NC[C@H](C)C[C@@](C)(OC)[C@H](O[C@@H]2O[C@H](C)CC(N(C)C)C2O)[C@@H](C)C1=O.[HH]. The number of nitrogens with one attached hydrogen (secondary N) is 1. The minimum atomic E-state index is -1.25. The van der Waals surface area contributed by atoms with Gasteiger partial charge in [-0.3, -0.25) is 14.5 Å². The number of nitrogens with zero attached hydrogens (tertiary/aromatic N) is 5. The first kappa shape index (κ1) is 43.6. The molecule has 1 amide bonds. The molecular weight excluding hydrogens is 672 g/mol. The Hall–Kier alpha value is -2.78. The Labute approximate surface area is 311 Å². The maximum Gasteiger partial charge on any atom is 0.410 e. The Morgan fingerprint density at radius 2 is 1.90 bits per heavy atom. The van der Waals surface area contributed by atoms with Gasteiger partial charge >= 0.3 is 12.1 Å². The zero-order chi connectivity index (χ0) is 39.0. The second-order valence-corrected chi connectivity index (χ2v) is 15.6. The van der Waals surface area contributed by atoms with Crippen LogP contribution in [0.1, 0.15) is 88.4 Å². The molecule has 0 saturated carbocycles. The number of hydrogen-bond acceptors (Lipinski definition) is 12. The van der Waals surface area contributed by atoms with E-state index in [-0.39, 0.29) is 32.0 Å². The molecule has 3 aliphatic heterocycles. The summed E-state index contributed by atoms with van der Waals surface area (Å²) < 4.78 is 31.4. The summed E-state index contributed by atoms with van der Waals surface area (Å²) >= 11 is 0. The van der Waals surface area contributed by atoms with Crippen LogP contribution in [0.4, 0.5) is 4.79 Å². The number of cyclic esters (lactones) is 1. The highest BCUT2D eigenvalue weighted by Crippen LogP contribution is 2.40. The third kappa shape index (κ3) is 9.85. The Balaban J connectivity index is 0.00000972. The first-order valence-corrected chi connectivity index (χ1v) is 18.8. The smallest absolute Gasteiger partial charge is 0.410 e. The van der Waals surface area contributed by atoms with Gasteiger partial charge in [0.1, 0.15) is 18.1 Å². The molecule has 0 aliphatic carbocycles. The third-order valence-electron chi connectivity index (χ3n) is 11.3. The molecule has 0 bridgehead atoms. The molecule has 3 saturated heterocycles. The summed E-state index contributed by atoms with van der Waals surface area (Å²) in [5.41, 5.74) is 6.36.